The quantitative estimate of drug-likeness (QED) is 0.264. The zero-order valence-corrected chi connectivity index (χ0v) is 19.2. The Labute approximate surface area is 199 Å². The molecule has 0 unspecified atom stereocenters. The van der Waals surface area contributed by atoms with E-state index in [1.807, 2.05) is 6.92 Å². The van der Waals surface area contributed by atoms with E-state index in [2.05, 4.69) is 4.98 Å². The van der Waals surface area contributed by atoms with Gasteiger partial charge >= 0.3 is 11.9 Å². The number of esters is 1. The Morgan fingerprint density at radius 2 is 1.91 bits per heavy atom. The summed E-state index contributed by atoms with van der Waals surface area (Å²) in [7, 11) is 1.29. The van der Waals surface area contributed by atoms with Gasteiger partial charge in [-0.2, -0.15) is 0 Å². The molecule has 1 saturated heterocycles. The van der Waals surface area contributed by atoms with Crippen LogP contribution in [0.1, 0.15) is 40.0 Å². The molecule has 0 bridgehead atoms. The molecule has 3 aromatic rings. The Hall–Kier alpha value is -3.98. The number of hydrogen-bond donors (Lipinski definition) is 1. The summed E-state index contributed by atoms with van der Waals surface area (Å²) in [6.45, 7) is 1.96. The van der Waals surface area contributed by atoms with Crippen molar-refractivity contribution in [3.63, 3.8) is 0 Å². The van der Waals surface area contributed by atoms with E-state index in [-0.39, 0.29) is 17.4 Å². The van der Waals surface area contributed by atoms with Gasteiger partial charge in [0.2, 0.25) is 0 Å². The van der Waals surface area contributed by atoms with Crippen molar-refractivity contribution in [2.45, 2.75) is 25.5 Å². The number of carbonyl (C=O) groups excluding carboxylic acids is 3. The highest BCUT2D eigenvalue weighted by Gasteiger charge is 2.48. The van der Waals surface area contributed by atoms with Crippen LogP contribution in [0.25, 0.3) is 5.76 Å². The fourth-order valence-electron chi connectivity index (χ4n) is 4.32. The van der Waals surface area contributed by atoms with Crippen molar-refractivity contribution in [1.29, 1.82) is 0 Å². The van der Waals surface area contributed by atoms with Gasteiger partial charge in [0.25, 0.3) is 5.78 Å². The topological polar surface area (TPSA) is 106 Å². The Morgan fingerprint density at radius 3 is 2.59 bits per heavy atom. The number of fused-ring (bicyclic) bond motifs is 1. The van der Waals surface area contributed by atoms with E-state index in [9.17, 15) is 19.5 Å². The third kappa shape index (κ3) is 3.54. The van der Waals surface area contributed by atoms with Gasteiger partial charge in [-0.1, -0.05) is 12.1 Å². The van der Waals surface area contributed by atoms with Crippen molar-refractivity contribution in [2.24, 2.45) is 0 Å². The highest BCUT2D eigenvalue weighted by molar-refractivity contribution is 7.14. The summed E-state index contributed by atoms with van der Waals surface area (Å²) in [6, 6.07) is 10.7. The molecular formula is C25H20N2O6S. The molecule has 1 N–H and O–H groups in total. The lowest BCUT2D eigenvalue weighted by molar-refractivity contribution is -0.132. The number of aromatic nitrogens is 1. The summed E-state index contributed by atoms with van der Waals surface area (Å²) in [6.07, 6.45) is 2.25. The lowest BCUT2D eigenvalue weighted by atomic mass is 9.94. The van der Waals surface area contributed by atoms with Crippen molar-refractivity contribution < 1.29 is 29.0 Å². The van der Waals surface area contributed by atoms with Gasteiger partial charge in [-0.15, -0.1) is 11.3 Å². The summed E-state index contributed by atoms with van der Waals surface area (Å²) < 4.78 is 10.5. The molecule has 2 aromatic carbocycles. The van der Waals surface area contributed by atoms with Gasteiger partial charge in [0, 0.05) is 23.6 Å². The molecule has 8 nitrogen and oxygen atoms in total. The number of ether oxygens (including phenoxy) is 2. The second-order valence-electron chi connectivity index (χ2n) is 8.05. The predicted molar refractivity (Wildman–Crippen MR) is 125 cm³/mol. The molecule has 1 fully saturated rings. The fourth-order valence-corrected chi connectivity index (χ4v) is 4.99. The van der Waals surface area contributed by atoms with Gasteiger partial charge < -0.3 is 14.6 Å². The van der Waals surface area contributed by atoms with Crippen molar-refractivity contribution >= 4 is 39.9 Å². The monoisotopic (exact) mass is 476 g/mol. The summed E-state index contributed by atoms with van der Waals surface area (Å²) in [5.74, 6) is -1.63. The molecule has 0 aliphatic carbocycles. The molecule has 2 atom stereocenters. The number of amides is 1. The number of nitrogens with zero attached hydrogens (tertiary/aromatic N) is 2. The van der Waals surface area contributed by atoms with Gasteiger partial charge in [-0.3, -0.25) is 14.5 Å². The van der Waals surface area contributed by atoms with Crippen LogP contribution < -0.4 is 9.64 Å². The SMILES string of the molecule is COC(=O)c1ccc([C@@H]2C(=C(O)c3ccc4c(c3)C[C@@H](C)O4)C(=O)C(=O)N2c2nccs2)cc1. The Kier molecular flexibility index (Phi) is 5.41. The molecule has 2 aliphatic heterocycles. The summed E-state index contributed by atoms with van der Waals surface area (Å²) in [4.78, 5) is 43.6. The molecule has 5 rings (SSSR count). The number of ketones is 1. The molecule has 3 heterocycles. The third-order valence-corrected chi connectivity index (χ3v) is 6.66. The van der Waals surface area contributed by atoms with E-state index in [0.717, 1.165) is 11.3 Å². The van der Waals surface area contributed by atoms with Gasteiger partial charge in [0.15, 0.2) is 5.13 Å². The highest BCUT2D eigenvalue weighted by atomic mass is 32.1. The number of carbonyl (C=O) groups is 3. The number of aliphatic hydroxyl groups is 1. The smallest absolute Gasteiger partial charge is 0.337 e. The van der Waals surface area contributed by atoms with Crippen LogP contribution >= 0.6 is 11.3 Å². The van der Waals surface area contributed by atoms with Crippen molar-refractivity contribution in [3.05, 3.63) is 81.9 Å². The average molecular weight is 477 g/mol. The summed E-state index contributed by atoms with van der Waals surface area (Å²) in [5.41, 5.74) is 2.17. The van der Waals surface area contributed by atoms with Crippen LogP contribution in [0.3, 0.4) is 0 Å². The van der Waals surface area contributed by atoms with Gasteiger partial charge in [0.1, 0.15) is 17.6 Å². The van der Waals surface area contributed by atoms with E-state index in [4.69, 9.17) is 9.47 Å². The molecular weight excluding hydrogens is 456 g/mol. The number of thiazole rings is 1. The van der Waals surface area contributed by atoms with Crippen LogP contribution in [-0.2, 0) is 20.7 Å². The van der Waals surface area contributed by atoms with E-state index in [1.165, 1.54) is 23.3 Å². The number of hydrogen-bond acceptors (Lipinski definition) is 8. The van der Waals surface area contributed by atoms with Crippen LogP contribution in [-0.4, -0.2) is 41.0 Å². The number of benzene rings is 2. The van der Waals surface area contributed by atoms with Crippen LogP contribution in [0, 0.1) is 0 Å². The lowest BCUT2D eigenvalue weighted by Gasteiger charge is -2.23. The number of Topliss-reactive ketones (excluding diaryl/α,β-unsaturated/α-hetero) is 1. The highest BCUT2D eigenvalue weighted by Crippen LogP contribution is 2.43. The van der Waals surface area contributed by atoms with E-state index < -0.39 is 23.7 Å². The summed E-state index contributed by atoms with van der Waals surface area (Å²) >= 11 is 1.21. The van der Waals surface area contributed by atoms with Crippen molar-refractivity contribution in [3.8, 4) is 5.75 Å². The lowest BCUT2D eigenvalue weighted by Crippen LogP contribution is -2.29. The van der Waals surface area contributed by atoms with Gasteiger partial charge in [0.05, 0.1) is 24.3 Å². The molecule has 172 valence electrons. The molecule has 1 aromatic heterocycles. The van der Waals surface area contributed by atoms with Crippen LogP contribution in [0.15, 0.2) is 59.6 Å². The van der Waals surface area contributed by atoms with E-state index in [1.54, 1.807) is 54.0 Å². The largest absolute Gasteiger partial charge is 0.507 e. The fraction of sp³-hybridized carbons (Fsp3) is 0.200. The number of rotatable bonds is 4. The predicted octanol–water partition coefficient (Wildman–Crippen LogP) is 3.88. The first kappa shape index (κ1) is 21.8. The molecule has 1 amide bonds. The molecule has 9 heteroatoms. The number of aliphatic hydroxyl groups excluding tert-OH is 1. The summed E-state index contributed by atoms with van der Waals surface area (Å²) in [5, 5.41) is 13.3. The Morgan fingerprint density at radius 1 is 1.18 bits per heavy atom. The van der Waals surface area contributed by atoms with Crippen LogP contribution in [0.2, 0.25) is 0 Å². The van der Waals surface area contributed by atoms with E-state index >= 15 is 0 Å². The maximum Gasteiger partial charge on any atom is 0.337 e. The first-order chi connectivity index (χ1) is 16.4. The zero-order valence-electron chi connectivity index (χ0n) is 18.3. The molecule has 34 heavy (non-hydrogen) atoms. The molecule has 0 spiro atoms. The first-order valence-corrected chi connectivity index (χ1v) is 11.5. The van der Waals surface area contributed by atoms with Gasteiger partial charge in [-0.25, -0.2) is 9.78 Å². The zero-order chi connectivity index (χ0) is 24.0. The standard InChI is InChI=1S/C25H20N2O6S/c1-13-11-17-12-16(7-8-18(17)33-13)21(28)19-20(14-3-5-15(6-4-14)24(31)32-2)27(23(30)22(19)29)25-26-9-10-34-25/h3-10,12-13,20,28H,11H2,1-2H3/t13-,20-/m1/s1. The third-order valence-electron chi connectivity index (χ3n) is 5.89. The molecule has 0 saturated carbocycles. The molecule has 2 aliphatic rings. The van der Waals surface area contributed by atoms with Gasteiger partial charge in [-0.05, 0) is 48.4 Å². The van der Waals surface area contributed by atoms with E-state index in [0.29, 0.717) is 28.2 Å². The first-order valence-electron chi connectivity index (χ1n) is 10.6. The minimum Gasteiger partial charge on any atom is -0.507 e. The average Bonchev–Trinajstić information content (AvgIpc) is 3.56. The second kappa shape index (κ2) is 8.42. The second-order valence-corrected chi connectivity index (χ2v) is 8.93. The van der Waals surface area contributed by atoms with Crippen LogP contribution in [0.5, 0.6) is 5.75 Å². The minimum atomic E-state index is -0.915. The maximum atomic E-state index is 13.2. The minimum absolute atomic E-state index is 0.0243. The van der Waals surface area contributed by atoms with Crippen LogP contribution in [0.4, 0.5) is 5.13 Å². The normalized spacial score (nSPS) is 20.8. The molecule has 0 radical (unpaired) electrons. The number of methoxy groups -OCH3 is 1. The Bertz CT molecular complexity index is 1330. The van der Waals surface area contributed by atoms with Crippen molar-refractivity contribution in [2.75, 3.05) is 12.0 Å². The maximum absolute atomic E-state index is 13.2. The number of anilines is 1. The Balaban J connectivity index is 1.65. The van der Waals surface area contributed by atoms with Crippen molar-refractivity contribution in [1.82, 2.24) is 4.98 Å².